The van der Waals surface area contributed by atoms with Gasteiger partial charge in [-0.2, -0.15) is 5.10 Å². The second kappa shape index (κ2) is 17.0. The molecule has 2 N–H and O–H groups in total. The first-order chi connectivity index (χ1) is 18.8. The summed E-state index contributed by atoms with van der Waals surface area (Å²) >= 11 is 0. The number of esters is 5. The number of methoxy groups -OCH3 is 1. The maximum Gasteiger partial charge on any atom is 0.303 e. The average Bonchev–Trinajstić information content (AvgIpc) is 2.86. The number of hydrazone groups is 1. The summed E-state index contributed by atoms with van der Waals surface area (Å²) in [6.07, 6.45) is -5.40. The van der Waals surface area contributed by atoms with Gasteiger partial charge in [-0.15, -0.1) is 0 Å². The molecule has 15 heteroatoms. The Labute approximate surface area is 230 Å². The van der Waals surface area contributed by atoms with E-state index in [1.807, 2.05) is 0 Å². The van der Waals surface area contributed by atoms with Crippen LogP contribution < -0.4 is 15.5 Å². The first-order valence-corrected chi connectivity index (χ1v) is 11.8. The number of amides is 1. The normalized spacial score (nSPS) is 13.6. The molecule has 1 aromatic rings. The highest BCUT2D eigenvalue weighted by Crippen LogP contribution is 2.20. The average molecular weight is 568 g/mol. The van der Waals surface area contributed by atoms with Crippen molar-refractivity contribution in [2.75, 3.05) is 25.6 Å². The Morgan fingerprint density at radius 3 is 1.82 bits per heavy atom. The van der Waals surface area contributed by atoms with E-state index in [0.29, 0.717) is 11.4 Å². The summed E-state index contributed by atoms with van der Waals surface area (Å²) in [7, 11) is 1.52. The minimum atomic E-state index is -1.65. The molecular formula is C25H33N3O12. The summed E-state index contributed by atoms with van der Waals surface area (Å²) in [5.41, 5.74) is 2.84. The number of anilines is 1. The largest absolute Gasteiger partial charge is 0.497 e. The van der Waals surface area contributed by atoms with Gasteiger partial charge in [-0.25, -0.2) is 5.43 Å². The van der Waals surface area contributed by atoms with Crippen LogP contribution >= 0.6 is 0 Å². The molecule has 40 heavy (non-hydrogen) atoms. The minimum Gasteiger partial charge on any atom is -0.497 e. The third kappa shape index (κ3) is 13.2. The molecule has 0 spiro atoms. The summed E-state index contributed by atoms with van der Waals surface area (Å²) in [5.74, 6) is -4.19. The molecule has 15 nitrogen and oxygen atoms in total. The maximum absolute atomic E-state index is 12.3. The summed E-state index contributed by atoms with van der Waals surface area (Å²) in [6, 6.07) is 6.78. The fraction of sp³-hybridized carbons (Fsp3) is 0.480. The Balaban J connectivity index is 3.20. The van der Waals surface area contributed by atoms with Crippen molar-refractivity contribution in [2.24, 2.45) is 5.10 Å². The van der Waals surface area contributed by atoms with Crippen molar-refractivity contribution in [1.82, 2.24) is 5.43 Å². The SMILES string of the molecule is COc1ccc(NCC(=O)N/N=C/[C@@H](OC(C)=O)[C@@H](OC(C)=O)[C@H](OC(C)=O)[C@@H](COC(C)=O)OC(C)=O)cc1. The summed E-state index contributed by atoms with van der Waals surface area (Å²) in [4.78, 5) is 71.1. The van der Waals surface area contributed by atoms with Gasteiger partial charge in [-0.3, -0.25) is 28.8 Å². The van der Waals surface area contributed by atoms with Gasteiger partial charge in [0.15, 0.2) is 24.4 Å². The van der Waals surface area contributed by atoms with Crippen LogP contribution in [-0.4, -0.2) is 86.6 Å². The monoisotopic (exact) mass is 567 g/mol. The molecule has 1 amide bonds. The highest BCUT2D eigenvalue weighted by atomic mass is 16.6. The second-order valence-electron chi connectivity index (χ2n) is 8.07. The Bertz CT molecular complexity index is 1070. The second-order valence-corrected chi connectivity index (χ2v) is 8.07. The number of nitrogens with one attached hydrogen (secondary N) is 2. The molecule has 0 aliphatic rings. The molecule has 0 bridgehead atoms. The van der Waals surface area contributed by atoms with E-state index >= 15 is 0 Å². The van der Waals surface area contributed by atoms with Crippen molar-refractivity contribution in [3.8, 4) is 5.75 Å². The van der Waals surface area contributed by atoms with E-state index in [0.717, 1.165) is 40.8 Å². The highest BCUT2D eigenvalue weighted by molar-refractivity contribution is 5.82. The molecule has 0 saturated heterocycles. The first kappa shape index (κ1) is 33.3. The predicted molar refractivity (Wildman–Crippen MR) is 137 cm³/mol. The molecule has 0 aromatic heterocycles. The Kier molecular flexibility index (Phi) is 14.2. The van der Waals surface area contributed by atoms with Crippen molar-refractivity contribution in [3.63, 3.8) is 0 Å². The van der Waals surface area contributed by atoms with E-state index in [9.17, 15) is 28.8 Å². The summed E-state index contributed by atoms with van der Waals surface area (Å²) in [6.45, 7) is 4.46. The van der Waals surface area contributed by atoms with Crippen LogP contribution in [0.3, 0.4) is 0 Å². The molecule has 0 radical (unpaired) electrons. The molecular weight excluding hydrogens is 534 g/mol. The van der Waals surface area contributed by atoms with Crippen LogP contribution in [-0.2, 0) is 52.5 Å². The first-order valence-electron chi connectivity index (χ1n) is 11.8. The number of hydrogen-bond acceptors (Lipinski definition) is 14. The standard InChI is InChI=1S/C25H33N3O12/c1-14(29)36-13-22(38-16(3)31)25(40-18(5)33)24(39-17(4)32)21(37-15(2)30)11-27-28-23(34)12-26-19-7-9-20(35-6)10-8-19/h7-11,21-22,24-26H,12-13H2,1-6H3,(H,28,34)/b27-11+/t21-,22-,24-,25-/m1/s1. The van der Waals surface area contributed by atoms with Crippen LogP contribution in [0, 0.1) is 0 Å². The van der Waals surface area contributed by atoms with Crippen molar-refractivity contribution in [3.05, 3.63) is 24.3 Å². The van der Waals surface area contributed by atoms with E-state index in [1.165, 1.54) is 7.11 Å². The number of carbonyl (C=O) groups excluding carboxylic acids is 6. The van der Waals surface area contributed by atoms with Gasteiger partial charge in [0.05, 0.1) is 19.9 Å². The molecule has 0 fully saturated rings. The number of nitrogens with zero attached hydrogens (tertiary/aromatic N) is 1. The molecule has 0 unspecified atom stereocenters. The lowest BCUT2D eigenvalue weighted by atomic mass is 10.0. The predicted octanol–water partition coefficient (Wildman–Crippen LogP) is 0.499. The highest BCUT2D eigenvalue weighted by Gasteiger charge is 2.43. The third-order valence-electron chi connectivity index (χ3n) is 4.64. The van der Waals surface area contributed by atoms with Gasteiger partial charge in [0.1, 0.15) is 12.4 Å². The van der Waals surface area contributed by atoms with Gasteiger partial charge in [0.25, 0.3) is 5.91 Å². The zero-order valence-corrected chi connectivity index (χ0v) is 23.0. The van der Waals surface area contributed by atoms with E-state index < -0.39 is 66.8 Å². The van der Waals surface area contributed by atoms with Crippen LogP contribution in [0.2, 0.25) is 0 Å². The van der Waals surface area contributed by atoms with E-state index in [-0.39, 0.29) is 6.54 Å². The van der Waals surface area contributed by atoms with Gasteiger partial charge in [-0.05, 0) is 24.3 Å². The molecule has 1 rings (SSSR count). The summed E-state index contributed by atoms with van der Waals surface area (Å²) in [5, 5.41) is 6.63. The molecule has 4 atom stereocenters. The lowest BCUT2D eigenvalue weighted by molar-refractivity contribution is -0.197. The van der Waals surface area contributed by atoms with Crippen LogP contribution in [0.25, 0.3) is 0 Å². The van der Waals surface area contributed by atoms with Gasteiger partial charge >= 0.3 is 29.8 Å². The fourth-order valence-corrected chi connectivity index (χ4v) is 3.15. The minimum absolute atomic E-state index is 0.192. The number of carbonyl (C=O) groups is 6. The van der Waals surface area contributed by atoms with Crippen molar-refractivity contribution in [2.45, 2.75) is 59.0 Å². The van der Waals surface area contributed by atoms with Crippen LogP contribution in [0.4, 0.5) is 5.69 Å². The van der Waals surface area contributed by atoms with Crippen LogP contribution in [0.5, 0.6) is 5.75 Å². The zero-order chi connectivity index (χ0) is 30.2. The molecule has 0 saturated carbocycles. The molecule has 0 aliphatic heterocycles. The van der Waals surface area contributed by atoms with Gasteiger partial charge in [-0.1, -0.05) is 0 Å². The number of ether oxygens (including phenoxy) is 6. The van der Waals surface area contributed by atoms with Gasteiger partial charge in [0.2, 0.25) is 0 Å². The van der Waals surface area contributed by atoms with Crippen LogP contribution in [0.15, 0.2) is 29.4 Å². The van der Waals surface area contributed by atoms with Crippen LogP contribution in [0.1, 0.15) is 34.6 Å². The number of rotatable bonds is 15. The third-order valence-corrected chi connectivity index (χ3v) is 4.64. The molecule has 1 aromatic carbocycles. The van der Waals surface area contributed by atoms with Gasteiger partial charge < -0.3 is 33.7 Å². The number of hydrogen-bond donors (Lipinski definition) is 2. The molecule has 220 valence electrons. The van der Waals surface area contributed by atoms with Crippen molar-refractivity contribution in [1.29, 1.82) is 0 Å². The molecule has 0 heterocycles. The van der Waals surface area contributed by atoms with E-state index in [1.54, 1.807) is 24.3 Å². The fourth-order valence-electron chi connectivity index (χ4n) is 3.15. The van der Waals surface area contributed by atoms with E-state index in [2.05, 4.69) is 15.8 Å². The smallest absolute Gasteiger partial charge is 0.303 e. The van der Waals surface area contributed by atoms with Crippen molar-refractivity contribution < 1.29 is 57.2 Å². The van der Waals surface area contributed by atoms with E-state index in [4.69, 9.17) is 28.4 Å². The molecule has 0 aliphatic carbocycles. The van der Waals surface area contributed by atoms with Crippen molar-refractivity contribution >= 4 is 47.7 Å². The zero-order valence-electron chi connectivity index (χ0n) is 23.0. The lowest BCUT2D eigenvalue weighted by Gasteiger charge is -2.34. The topological polar surface area (TPSA) is 194 Å². The number of benzene rings is 1. The Morgan fingerprint density at radius 2 is 1.32 bits per heavy atom. The van der Waals surface area contributed by atoms with Gasteiger partial charge in [0, 0.05) is 40.3 Å². The summed E-state index contributed by atoms with van der Waals surface area (Å²) < 4.78 is 30.9. The Morgan fingerprint density at radius 1 is 0.775 bits per heavy atom. The quantitative estimate of drug-likeness (QED) is 0.129. The maximum atomic E-state index is 12.3. The lowest BCUT2D eigenvalue weighted by Crippen LogP contribution is -2.53. The Hall–Kier alpha value is -4.69.